The third kappa shape index (κ3) is 3.43. The molecule has 0 atom stereocenters. The Morgan fingerprint density at radius 2 is 1.79 bits per heavy atom. The van der Waals surface area contributed by atoms with Crippen LogP contribution in [0.2, 0.25) is 5.02 Å². The minimum atomic E-state index is -0.299. The van der Waals surface area contributed by atoms with Crippen molar-refractivity contribution in [2.24, 2.45) is 7.05 Å². The number of nitrogens with one attached hydrogen (secondary N) is 1. The number of aryl methyl sites for hydroxylation is 1. The van der Waals surface area contributed by atoms with E-state index in [0.717, 1.165) is 32.4 Å². The number of carbonyl (C=O) groups is 2. The number of carbonyl (C=O) groups excluding carboxylic acids is 2. The summed E-state index contributed by atoms with van der Waals surface area (Å²) in [6.45, 7) is 1.49. The molecule has 1 fully saturated rings. The van der Waals surface area contributed by atoms with Gasteiger partial charge in [0.1, 0.15) is 5.69 Å². The van der Waals surface area contributed by atoms with E-state index in [2.05, 4.69) is 10.4 Å². The van der Waals surface area contributed by atoms with Gasteiger partial charge in [0.2, 0.25) is 0 Å². The predicted molar refractivity (Wildman–Crippen MR) is 92.4 cm³/mol. The van der Waals surface area contributed by atoms with Crippen LogP contribution in [0, 0.1) is 0 Å². The summed E-state index contributed by atoms with van der Waals surface area (Å²) in [6, 6.07) is 6.58. The Bertz CT molecular complexity index is 748. The van der Waals surface area contributed by atoms with Gasteiger partial charge in [0.15, 0.2) is 0 Å². The number of amides is 2. The summed E-state index contributed by atoms with van der Waals surface area (Å²) in [6.07, 6.45) is 4.67. The highest BCUT2D eigenvalue weighted by Gasteiger charge is 2.25. The second kappa shape index (κ2) is 7.05. The molecule has 126 valence electrons. The lowest BCUT2D eigenvalue weighted by Crippen LogP contribution is -2.37. The molecule has 1 aliphatic heterocycles. The lowest BCUT2D eigenvalue weighted by Gasteiger charge is -2.27. The maximum Gasteiger partial charge on any atom is 0.274 e. The summed E-state index contributed by atoms with van der Waals surface area (Å²) in [4.78, 5) is 26.9. The van der Waals surface area contributed by atoms with E-state index in [-0.39, 0.29) is 11.8 Å². The number of hydrogen-bond acceptors (Lipinski definition) is 3. The predicted octanol–water partition coefficient (Wildman–Crippen LogP) is 2.95. The van der Waals surface area contributed by atoms with E-state index in [1.165, 1.54) is 10.9 Å². The van der Waals surface area contributed by atoms with Gasteiger partial charge in [-0.25, -0.2) is 0 Å². The second-order valence-corrected chi connectivity index (χ2v) is 6.28. The maximum atomic E-state index is 12.8. The Kier molecular flexibility index (Phi) is 4.85. The SMILES string of the molecule is Cn1ncc(NC(=O)c2ccc(Cl)cc2)c1C(=O)N1CCCCC1. The fourth-order valence-corrected chi connectivity index (χ4v) is 2.95. The summed E-state index contributed by atoms with van der Waals surface area (Å²) >= 11 is 5.84. The number of anilines is 1. The van der Waals surface area contributed by atoms with Crippen LogP contribution in [-0.4, -0.2) is 39.6 Å². The third-order valence-electron chi connectivity index (χ3n) is 4.14. The quantitative estimate of drug-likeness (QED) is 0.929. The van der Waals surface area contributed by atoms with Crippen LogP contribution in [0.25, 0.3) is 0 Å². The summed E-state index contributed by atoms with van der Waals surface area (Å²) in [7, 11) is 1.70. The van der Waals surface area contributed by atoms with Crippen LogP contribution in [0.1, 0.15) is 40.1 Å². The van der Waals surface area contributed by atoms with Crippen molar-refractivity contribution in [1.82, 2.24) is 14.7 Å². The van der Waals surface area contributed by atoms with E-state index in [4.69, 9.17) is 11.6 Å². The molecule has 0 unspecified atom stereocenters. The van der Waals surface area contributed by atoms with Gasteiger partial charge in [0.05, 0.1) is 11.9 Å². The van der Waals surface area contributed by atoms with Gasteiger partial charge in [-0.2, -0.15) is 5.10 Å². The number of rotatable bonds is 3. The van der Waals surface area contributed by atoms with Crippen LogP contribution in [0.4, 0.5) is 5.69 Å². The number of halogens is 1. The Hall–Kier alpha value is -2.34. The van der Waals surface area contributed by atoms with Crippen LogP contribution >= 0.6 is 11.6 Å². The van der Waals surface area contributed by atoms with Crippen molar-refractivity contribution in [2.45, 2.75) is 19.3 Å². The molecule has 0 bridgehead atoms. The molecule has 1 saturated heterocycles. The second-order valence-electron chi connectivity index (χ2n) is 5.84. The molecule has 6 nitrogen and oxygen atoms in total. The molecule has 1 aromatic heterocycles. The summed E-state index contributed by atoms with van der Waals surface area (Å²) in [5, 5.41) is 7.46. The van der Waals surface area contributed by atoms with Gasteiger partial charge in [-0.1, -0.05) is 11.6 Å². The Balaban J connectivity index is 1.80. The zero-order valence-electron chi connectivity index (χ0n) is 13.5. The first-order chi connectivity index (χ1) is 11.6. The smallest absolute Gasteiger partial charge is 0.274 e. The Labute approximate surface area is 145 Å². The molecular formula is C17H19ClN4O2. The molecule has 0 saturated carbocycles. The topological polar surface area (TPSA) is 67.2 Å². The molecule has 24 heavy (non-hydrogen) atoms. The fourth-order valence-electron chi connectivity index (χ4n) is 2.83. The Morgan fingerprint density at radius 1 is 1.12 bits per heavy atom. The van der Waals surface area contributed by atoms with Crippen LogP contribution in [0.5, 0.6) is 0 Å². The number of hydrogen-bond donors (Lipinski definition) is 1. The van der Waals surface area contributed by atoms with Gasteiger partial charge in [-0.05, 0) is 43.5 Å². The molecular weight excluding hydrogens is 328 g/mol. The Morgan fingerprint density at radius 3 is 2.46 bits per heavy atom. The van der Waals surface area contributed by atoms with E-state index in [0.29, 0.717) is 22.0 Å². The largest absolute Gasteiger partial charge is 0.337 e. The summed E-state index contributed by atoms with van der Waals surface area (Å²) in [5.41, 5.74) is 1.30. The molecule has 0 aliphatic carbocycles. The molecule has 0 radical (unpaired) electrons. The van der Waals surface area contributed by atoms with Gasteiger partial charge >= 0.3 is 0 Å². The zero-order chi connectivity index (χ0) is 17.1. The lowest BCUT2D eigenvalue weighted by atomic mass is 10.1. The highest BCUT2D eigenvalue weighted by Crippen LogP contribution is 2.20. The number of piperidine rings is 1. The summed E-state index contributed by atoms with van der Waals surface area (Å²) < 4.78 is 1.51. The van der Waals surface area contributed by atoms with E-state index < -0.39 is 0 Å². The monoisotopic (exact) mass is 346 g/mol. The van der Waals surface area contributed by atoms with E-state index in [1.54, 1.807) is 31.3 Å². The molecule has 1 N–H and O–H groups in total. The third-order valence-corrected chi connectivity index (χ3v) is 4.39. The molecule has 1 aromatic carbocycles. The van der Waals surface area contributed by atoms with Crippen molar-refractivity contribution in [3.8, 4) is 0 Å². The standard InChI is InChI=1S/C17H19ClN4O2/c1-21-15(17(24)22-9-3-2-4-10-22)14(11-19-21)20-16(23)12-5-7-13(18)8-6-12/h5-8,11H,2-4,9-10H2,1H3,(H,20,23). The van der Waals surface area contributed by atoms with Gasteiger partial charge in [0, 0.05) is 30.7 Å². The highest BCUT2D eigenvalue weighted by molar-refractivity contribution is 6.30. The molecule has 7 heteroatoms. The van der Waals surface area contributed by atoms with E-state index >= 15 is 0 Å². The molecule has 2 aromatic rings. The minimum absolute atomic E-state index is 0.0962. The molecule has 2 amide bonds. The fraction of sp³-hybridized carbons (Fsp3) is 0.353. The first-order valence-electron chi connectivity index (χ1n) is 7.94. The van der Waals surface area contributed by atoms with Crippen molar-refractivity contribution in [3.63, 3.8) is 0 Å². The average molecular weight is 347 g/mol. The molecule has 0 spiro atoms. The number of aromatic nitrogens is 2. The van der Waals surface area contributed by atoms with Crippen molar-refractivity contribution in [1.29, 1.82) is 0 Å². The summed E-state index contributed by atoms with van der Waals surface area (Å²) in [5.74, 6) is -0.395. The molecule has 1 aliphatic rings. The lowest BCUT2D eigenvalue weighted by molar-refractivity contribution is 0.0714. The number of benzene rings is 1. The maximum absolute atomic E-state index is 12.8. The van der Waals surface area contributed by atoms with Gasteiger partial charge in [-0.15, -0.1) is 0 Å². The minimum Gasteiger partial charge on any atom is -0.337 e. The van der Waals surface area contributed by atoms with E-state index in [1.807, 2.05) is 4.90 Å². The van der Waals surface area contributed by atoms with Gasteiger partial charge in [0.25, 0.3) is 11.8 Å². The molecule has 3 rings (SSSR count). The van der Waals surface area contributed by atoms with Gasteiger partial charge < -0.3 is 10.2 Å². The van der Waals surface area contributed by atoms with Crippen molar-refractivity contribution in [3.05, 3.63) is 46.7 Å². The van der Waals surface area contributed by atoms with Crippen LogP contribution in [-0.2, 0) is 7.05 Å². The zero-order valence-corrected chi connectivity index (χ0v) is 14.2. The van der Waals surface area contributed by atoms with Gasteiger partial charge in [-0.3, -0.25) is 14.3 Å². The van der Waals surface area contributed by atoms with Crippen LogP contribution in [0.15, 0.2) is 30.5 Å². The van der Waals surface area contributed by atoms with Crippen molar-refractivity contribution < 1.29 is 9.59 Å². The van der Waals surface area contributed by atoms with Crippen molar-refractivity contribution in [2.75, 3.05) is 18.4 Å². The van der Waals surface area contributed by atoms with E-state index in [9.17, 15) is 9.59 Å². The average Bonchev–Trinajstić information content (AvgIpc) is 2.96. The normalized spacial score (nSPS) is 14.5. The van der Waals surface area contributed by atoms with Crippen LogP contribution in [0.3, 0.4) is 0 Å². The first-order valence-corrected chi connectivity index (χ1v) is 8.32. The molecule has 2 heterocycles. The highest BCUT2D eigenvalue weighted by atomic mass is 35.5. The number of nitrogens with zero attached hydrogens (tertiary/aromatic N) is 3. The number of likely N-dealkylation sites (tertiary alicyclic amines) is 1. The van der Waals surface area contributed by atoms with Crippen LogP contribution < -0.4 is 5.32 Å². The van der Waals surface area contributed by atoms with Crippen molar-refractivity contribution >= 4 is 29.1 Å². The first kappa shape index (κ1) is 16.5.